The van der Waals surface area contributed by atoms with Crippen molar-refractivity contribution in [3.05, 3.63) is 57.5 Å². The fourth-order valence-corrected chi connectivity index (χ4v) is 3.67. The molecule has 0 bridgehead atoms. The number of fused-ring (bicyclic) bond motifs is 1. The van der Waals surface area contributed by atoms with Crippen LogP contribution in [0.1, 0.15) is 5.56 Å². The van der Waals surface area contributed by atoms with Gasteiger partial charge < -0.3 is 19.5 Å². The van der Waals surface area contributed by atoms with Crippen LogP contribution in [0, 0.1) is 0 Å². The van der Waals surface area contributed by atoms with Gasteiger partial charge in [-0.2, -0.15) is 13.2 Å². The van der Waals surface area contributed by atoms with E-state index in [-0.39, 0.29) is 42.5 Å². The van der Waals surface area contributed by atoms with Crippen LogP contribution < -0.4 is 16.0 Å². The third-order valence-corrected chi connectivity index (χ3v) is 5.39. The van der Waals surface area contributed by atoms with Crippen molar-refractivity contribution in [2.24, 2.45) is 0 Å². The molecule has 2 heterocycles. The van der Waals surface area contributed by atoms with Crippen LogP contribution in [0.2, 0.25) is 5.02 Å². The number of nitrogens with one attached hydrogen (secondary N) is 2. The Morgan fingerprint density at radius 2 is 1.78 bits per heavy atom. The molecule has 8 nitrogen and oxygen atoms in total. The van der Waals surface area contributed by atoms with E-state index in [9.17, 15) is 27.6 Å². The normalized spacial score (nSPS) is 14.6. The molecule has 1 fully saturated rings. The van der Waals surface area contributed by atoms with E-state index in [1.807, 2.05) is 0 Å². The molecule has 3 aromatic rings. The number of oxazole rings is 1. The smallest absolute Gasteiger partial charge is 0.408 e. The molecular formula is C20H16ClF3N4O4. The number of hydrogen-bond donors (Lipinski definition) is 2. The molecule has 2 amide bonds. The molecule has 0 atom stereocenters. The second-order valence-corrected chi connectivity index (χ2v) is 7.53. The molecule has 0 unspecified atom stereocenters. The summed E-state index contributed by atoms with van der Waals surface area (Å²) >= 11 is 5.66. The number of hydrogen-bond acceptors (Lipinski definition) is 5. The van der Waals surface area contributed by atoms with Gasteiger partial charge in [0, 0.05) is 43.6 Å². The number of H-pyrrole nitrogens is 1. The van der Waals surface area contributed by atoms with Crippen molar-refractivity contribution in [3.8, 4) is 0 Å². The van der Waals surface area contributed by atoms with Gasteiger partial charge in [0.1, 0.15) is 0 Å². The zero-order chi connectivity index (χ0) is 23.0. The van der Waals surface area contributed by atoms with Gasteiger partial charge in [0.2, 0.25) is 0 Å². The van der Waals surface area contributed by atoms with Gasteiger partial charge in [-0.05, 0) is 30.3 Å². The Bertz CT molecular complexity index is 1250. The van der Waals surface area contributed by atoms with Crippen molar-refractivity contribution in [1.29, 1.82) is 0 Å². The Morgan fingerprint density at radius 1 is 1.06 bits per heavy atom. The second-order valence-electron chi connectivity index (χ2n) is 7.12. The highest BCUT2D eigenvalue weighted by atomic mass is 35.5. The van der Waals surface area contributed by atoms with E-state index >= 15 is 0 Å². The average Bonchev–Trinajstić information content (AvgIpc) is 3.12. The first-order valence-corrected chi connectivity index (χ1v) is 9.84. The minimum atomic E-state index is -4.57. The van der Waals surface area contributed by atoms with E-state index in [4.69, 9.17) is 16.0 Å². The number of aromatic amines is 1. The zero-order valence-electron chi connectivity index (χ0n) is 16.3. The molecule has 1 aromatic heterocycles. The number of carbonyl (C=O) groups is 2. The highest BCUT2D eigenvalue weighted by molar-refractivity contribution is 6.39. The lowest BCUT2D eigenvalue weighted by Crippen LogP contribution is -2.51. The molecule has 168 valence electrons. The average molecular weight is 469 g/mol. The van der Waals surface area contributed by atoms with E-state index in [1.54, 1.807) is 4.90 Å². The number of piperazine rings is 1. The molecule has 1 aliphatic rings. The number of halogens is 4. The van der Waals surface area contributed by atoms with Gasteiger partial charge in [-0.15, -0.1) is 0 Å². The summed E-state index contributed by atoms with van der Waals surface area (Å²) < 4.78 is 44.2. The monoisotopic (exact) mass is 468 g/mol. The number of benzene rings is 2. The Hall–Kier alpha value is -3.47. The van der Waals surface area contributed by atoms with Crippen LogP contribution in [0.5, 0.6) is 0 Å². The van der Waals surface area contributed by atoms with Crippen LogP contribution >= 0.6 is 11.6 Å². The van der Waals surface area contributed by atoms with Crippen molar-refractivity contribution in [3.63, 3.8) is 0 Å². The molecular weight excluding hydrogens is 453 g/mol. The molecule has 1 saturated heterocycles. The van der Waals surface area contributed by atoms with Gasteiger partial charge >= 0.3 is 23.7 Å². The lowest BCUT2D eigenvalue weighted by atomic mass is 10.1. The maximum absolute atomic E-state index is 13.1. The minimum absolute atomic E-state index is 0.155. The molecule has 4 rings (SSSR count). The van der Waals surface area contributed by atoms with E-state index in [0.29, 0.717) is 11.2 Å². The van der Waals surface area contributed by atoms with Gasteiger partial charge in [-0.1, -0.05) is 11.6 Å². The van der Waals surface area contributed by atoms with Gasteiger partial charge in [0.25, 0.3) is 0 Å². The number of aromatic nitrogens is 1. The first-order chi connectivity index (χ1) is 15.1. The first-order valence-electron chi connectivity index (χ1n) is 9.46. The zero-order valence-corrected chi connectivity index (χ0v) is 17.1. The number of anilines is 2. The van der Waals surface area contributed by atoms with Crippen LogP contribution in [0.4, 0.5) is 24.5 Å². The van der Waals surface area contributed by atoms with Crippen molar-refractivity contribution in [2.75, 3.05) is 36.4 Å². The number of alkyl halides is 3. The van der Waals surface area contributed by atoms with Crippen LogP contribution in [-0.4, -0.2) is 47.9 Å². The summed E-state index contributed by atoms with van der Waals surface area (Å²) in [6.07, 6.45) is -4.57. The predicted octanol–water partition coefficient (Wildman–Crippen LogP) is 3.08. The summed E-state index contributed by atoms with van der Waals surface area (Å²) in [5.74, 6) is -2.28. The molecule has 0 spiro atoms. The highest BCUT2D eigenvalue weighted by Gasteiger charge is 2.34. The van der Waals surface area contributed by atoms with Crippen LogP contribution in [0.25, 0.3) is 11.1 Å². The SMILES string of the molecule is O=C(Nc1ccc2[nH]c(=O)oc2c1)C(=O)N1CCN(c2ccc(Cl)c(C(F)(F)F)c2)CC1. The number of carbonyl (C=O) groups excluding carboxylic acids is 2. The van der Waals surface area contributed by atoms with Gasteiger partial charge in [0.15, 0.2) is 5.58 Å². The molecule has 0 radical (unpaired) electrons. The summed E-state index contributed by atoms with van der Waals surface area (Å²) in [4.78, 5) is 41.5. The fraction of sp³-hybridized carbons (Fsp3) is 0.250. The second kappa shape index (κ2) is 8.23. The third-order valence-electron chi connectivity index (χ3n) is 5.06. The lowest BCUT2D eigenvalue weighted by molar-refractivity contribution is -0.143. The number of amides is 2. The Kier molecular flexibility index (Phi) is 5.59. The van der Waals surface area contributed by atoms with E-state index in [0.717, 1.165) is 6.07 Å². The molecule has 0 saturated carbocycles. The number of nitrogens with zero attached hydrogens (tertiary/aromatic N) is 2. The molecule has 2 aromatic carbocycles. The Labute approximate surface area is 183 Å². The summed E-state index contributed by atoms with van der Waals surface area (Å²) in [7, 11) is 0. The minimum Gasteiger partial charge on any atom is -0.408 e. The largest absolute Gasteiger partial charge is 0.417 e. The fourth-order valence-electron chi connectivity index (χ4n) is 3.45. The van der Waals surface area contributed by atoms with Crippen molar-refractivity contribution >= 4 is 45.9 Å². The topological polar surface area (TPSA) is 98.6 Å². The maximum atomic E-state index is 13.1. The van der Waals surface area contributed by atoms with Crippen molar-refractivity contribution in [1.82, 2.24) is 9.88 Å². The van der Waals surface area contributed by atoms with E-state index < -0.39 is 29.3 Å². The maximum Gasteiger partial charge on any atom is 0.417 e. The Morgan fingerprint density at radius 3 is 2.47 bits per heavy atom. The van der Waals surface area contributed by atoms with E-state index in [2.05, 4.69) is 10.3 Å². The van der Waals surface area contributed by atoms with Crippen LogP contribution in [-0.2, 0) is 15.8 Å². The molecule has 12 heteroatoms. The van der Waals surface area contributed by atoms with Crippen LogP contribution in [0.3, 0.4) is 0 Å². The molecule has 1 aliphatic heterocycles. The third kappa shape index (κ3) is 4.42. The first kappa shape index (κ1) is 21.8. The quantitative estimate of drug-likeness (QED) is 0.563. The van der Waals surface area contributed by atoms with Crippen molar-refractivity contribution < 1.29 is 27.2 Å². The van der Waals surface area contributed by atoms with Gasteiger partial charge in [0.05, 0.1) is 16.1 Å². The number of rotatable bonds is 2. The lowest BCUT2D eigenvalue weighted by Gasteiger charge is -2.36. The summed E-state index contributed by atoms with van der Waals surface area (Å²) in [6, 6.07) is 8.10. The van der Waals surface area contributed by atoms with Crippen LogP contribution in [0.15, 0.2) is 45.6 Å². The van der Waals surface area contributed by atoms with E-state index in [1.165, 1.54) is 35.2 Å². The summed E-state index contributed by atoms with van der Waals surface area (Å²) in [6.45, 7) is 0.806. The molecule has 32 heavy (non-hydrogen) atoms. The predicted molar refractivity (Wildman–Crippen MR) is 111 cm³/mol. The standard InChI is InChI=1S/C20H16ClF3N4O4/c21-14-3-2-12(10-13(14)20(22,23)24)27-5-7-28(8-6-27)18(30)17(29)25-11-1-4-15-16(9-11)32-19(31)26-15/h1-4,9-10H,5-8H2,(H,25,29)(H,26,31). The summed E-state index contributed by atoms with van der Waals surface area (Å²) in [5, 5.41) is 2.07. The van der Waals surface area contributed by atoms with Gasteiger partial charge in [-0.3, -0.25) is 14.6 Å². The summed E-state index contributed by atoms with van der Waals surface area (Å²) in [5.41, 5.74) is 0.365. The molecule has 0 aliphatic carbocycles. The Balaban J connectivity index is 1.38. The van der Waals surface area contributed by atoms with Crippen molar-refractivity contribution in [2.45, 2.75) is 6.18 Å². The van der Waals surface area contributed by atoms with Gasteiger partial charge in [-0.25, -0.2) is 4.79 Å². The highest BCUT2D eigenvalue weighted by Crippen LogP contribution is 2.37. The molecule has 2 N–H and O–H groups in total.